The van der Waals surface area contributed by atoms with Gasteiger partial charge in [-0.3, -0.25) is 0 Å². The van der Waals surface area contributed by atoms with Crippen LogP contribution in [0.25, 0.3) is 0 Å². The van der Waals surface area contributed by atoms with E-state index in [1.54, 1.807) is 12.1 Å². The second-order valence-electron chi connectivity index (χ2n) is 7.15. The standard InChI is InChI=1S/C19H22O9/c20-19(28-10-15-6-24-15)11-1-16(25-7-12-3-21-12)18(27-9-14-5-23-14)17(2-11)26-8-13-4-22-13/h1-2,12-15H,3-10H2. The minimum absolute atomic E-state index is 0.00410. The summed E-state index contributed by atoms with van der Waals surface area (Å²) in [7, 11) is 0. The molecule has 28 heavy (non-hydrogen) atoms. The lowest BCUT2D eigenvalue weighted by Crippen LogP contribution is -2.14. The monoisotopic (exact) mass is 394 g/mol. The van der Waals surface area contributed by atoms with Crippen molar-refractivity contribution in [3.8, 4) is 17.2 Å². The van der Waals surface area contributed by atoms with Gasteiger partial charge in [0, 0.05) is 0 Å². The van der Waals surface area contributed by atoms with Gasteiger partial charge in [0.05, 0.1) is 32.0 Å². The molecule has 0 amide bonds. The maximum atomic E-state index is 12.5. The van der Waals surface area contributed by atoms with Gasteiger partial charge in [0.2, 0.25) is 5.75 Å². The van der Waals surface area contributed by atoms with E-state index in [1.807, 2.05) is 0 Å². The molecule has 0 N–H and O–H groups in total. The summed E-state index contributed by atoms with van der Waals surface area (Å²) in [6.07, 6.45) is 0.191. The van der Waals surface area contributed by atoms with Gasteiger partial charge in [-0.2, -0.15) is 0 Å². The molecule has 0 aliphatic carbocycles. The van der Waals surface area contributed by atoms with Gasteiger partial charge < -0.3 is 37.9 Å². The molecule has 4 saturated heterocycles. The van der Waals surface area contributed by atoms with Crippen LogP contribution in [0.5, 0.6) is 17.2 Å². The molecule has 4 heterocycles. The van der Waals surface area contributed by atoms with Crippen LogP contribution >= 0.6 is 0 Å². The Morgan fingerprint density at radius 3 is 1.64 bits per heavy atom. The van der Waals surface area contributed by atoms with Crippen molar-refractivity contribution in [3.05, 3.63) is 17.7 Å². The predicted molar refractivity (Wildman–Crippen MR) is 92.2 cm³/mol. The van der Waals surface area contributed by atoms with Crippen LogP contribution in [0.1, 0.15) is 10.4 Å². The number of carbonyl (C=O) groups is 1. The summed E-state index contributed by atoms with van der Waals surface area (Å²) >= 11 is 0. The first-order chi connectivity index (χ1) is 13.7. The van der Waals surface area contributed by atoms with Crippen LogP contribution < -0.4 is 14.2 Å². The van der Waals surface area contributed by atoms with Crippen LogP contribution in [0.2, 0.25) is 0 Å². The third-order valence-corrected chi connectivity index (χ3v) is 4.53. The molecule has 0 bridgehead atoms. The van der Waals surface area contributed by atoms with Crippen molar-refractivity contribution < 1.29 is 42.7 Å². The van der Waals surface area contributed by atoms with Gasteiger partial charge >= 0.3 is 5.97 Å². The van der Waals surface area contributed by atoms with Crippen LogP contribution in [0.4, 0.5) is 0 Å². The van der Waals surface area contributed by atoms with E-state index in [2.05, 4.69) is 0 Å². The molecule has 0 spiro atoms. The van der Waals surface area contributed by atoms with Gasteiger partial charge in [-0.25, -0.2) is 4.79 Å². The van der Waals surface area contributed by atoms with E-state index in [4.69, 9.17) is 37.9 Å². The van der Waals surface area contributed by atoms with E-state index in [1.165, 1.54) is 0 Å². The number of hydrogen-bond acceptors (Lipinski definition) is 9. The molecule has 0 aromatic heterocycles. The third kappa shape index (κ3) is 5.05. The van der Waals surface area contributed by atoms with Crippen LogP contribution in [0.3, 0.4) is 0 Å². The fourth-order valence-corrected chi connectivity index (χ4v) is 2.50. The van der Waals surface area contributed by atoms with Gasteiger partial charge in [-0.05, 0) is 12.1 Å². The zero-order chi connectivity index (χ0) is 18.9. The first-order valence-corrected chi connectivity index (χ1v) is 9.44. The molecule has 0 radical (unpaired) electrons. The van der Waals surface area contributed by atoms with E-state index in [9.17, 15) is 4.79 Å². The molecular weight excluding hydrogens is 372 g/mol. The Hall–Kier alpha value is -2.07. The Kier molecular flexibility index (Phi) is 4.98. The largest absolute Gasteiger partial charge is 0.487 e. The minimum Gasteiger partial charge on any atom is -0.487 e. The van der Waals surface area contributed by atoms with Gasteiger partial charge in [0.1, 0.15) is 50.8 Å². The maximum absolute atomic E-state index is 12.5. The highest BCUT2D eigenvalue weighted by Crippen LogP contribution is 2.40. The van der Waals surface area contributed by atoms with Crippen molar-refractivity contribution in [2.75, 3.05) is 52.9 Å². The van der Waals surface area contributed by atoms with E-state index in [-0.39, 0.29) is 31.0 Å². The van der Waals surface area contributed by atoms with E-state index >= 15 is 0 Å². The Labute approximate surface area is 161 Å². The normalized spacial score (nSPS) is 29.0. The van der Waals surface area contributed by atoms with Gasteiger partial charge in [0.25, 0.3) is 0 Å². The topological polar surface area (TPSA) is 104 Å². The van der Waals surface area contributed by atoms with Crippen molar-refractivity contribution in [1.82, 2.24) is 0 Å². The number of rotatable bonds is 12. The SMILES string of the molecule is O=C(OCC1CO1)c1cc(OCC2CO2)c(OCC2CO2)c(OCC2CO2)c1. The summed E-state index contributed by atoms with van der Waals surface area (Å²) in [5.74, 6) is 0.812. The molecule has 9 heteroatoms. The highest BCUT2D eigenvalue weighted by molar-refractivity contribution is 5.91. The molecule has 4 unspecified atom stereocenters. The van der Waals surface area contributed by atoms with Crippen molar-refractivity contribution in [1.29, 1.82) is 0 Å². The molecule has 152 valence electrons. The highest BCUT2D eigenvalue weighted by Gasteiger charge is 2.30. The number of benzene rings is 1. The van der Waals surface area contributed by atoms with Crippen molar-refractivity contribution in [2.45, 2.75) is 24.4 Å². The van der Waals surface area contributed by atoms with Crippen LogP contribution in [-0.2, 0) is 23.7 Å². The molecule has 4 aliphatic heterocycles. The van der Waals surface area contributed by atoms with Crippen molar-refractivity contribution in [3.63, 3.8) is 0 Å². The Morgan fingerprint density at radius 1 is 0.750 bits per heavy atom. The lowest BCUT2D eigenvalue weighted by Gasteiger charge is -2.17. The fraction of sp³-hybridized carbons (Fsp3) is 0.632. The summed E-state index contributed by atoms with van der Waals surface area (Å²) in [6.45, 7) is 3.98. The van der Waals surface area contributed by atoms with E-state index in [0.717, 1.165) is 0 Å². The molecule has 1 aromatic rings. The average Bonchev–Trinajstić information content (AvgIpc) is 3.57. The highest BCUT2D eigenvalue weighted by atomic mass is 16.6. The summed E-state index contributed by atoms with van der Waals surface area (Å²) in [4.78, 5) is 12.5. The predicted octanol–water partition coefficient (Wildman–Crippen LogP) is 0.575. The van der Waals surface area contributed by atoms with Crippen LogP contribution in [-0.4, -0.2) is 83.2 Å². The fourth-order valence-electron chi connectivity index (χ4n) is 2.50. The van der Waals surface area contributed by atoms with Crippen molar-refractivity contribution in [2.24, 2.45) is 0 Å². The Bertz CT molecular complexity index is 683. The van der Waals surface area contributed by atoms with Crippen LogP contribution in [0.15, 0.2) is 12.1 Å². The number of carbonyl (C=O) groups excluding carboxylic acids is 1. The molecular formula is C19H22O9. The molecule has 4 fully saturated rings. The quantitative estimate of drug-likeness (QED) is 0.372. The summed E-state index contributed by atoms with van der Waals surface area (Å²) < 4.78 is 43.7. The second-order valence-corrected chi connectivity index (χ2v) is 7.15. The zero-order valence-electron chi connectivity index (χ0n) is 15.3. The lowest BCUT2D eigenvalue weighted by molar-refractivity contribution is 0.0475. The molecule has 1 aromatic carbocycles. The zero-order valence-corrected chi connectivity index (χ0v) is 15.3. The summed E-state index contributed by atoms with van der Waals surface area (Å²) in [6, 6.07) is 3.23. The number of esters is 1. The molecule has 4 aliphatic rings. The van der Waals surface area contributed by atoms with E-state index < -0.39 is 5.97 Å². The van der Waals surface area contributed by atoms with Gasteiger partial charge in [-0.15, -0.1) is 0 Å². The molecule has 0 saturated carbocycles. The van der Waals surface area contributed by atoms with E-state index in [0.29, 0.717) is 69.1 Å². The second kappa shape index (κ2) is 7.75. The molecule has 5 rings (SSSR count). The Morgan fingerprint density at radius 2 is 1.18 bits per heavy atom. The van der Waals surface area contributed by atoms with Crippen molar-refractivity contribution >= 4 is 5.97 Å². The number of epoxide rings is 4. The first kappa shape index (κ1) is 18.0. The summed E-state index contributed by atoms with van der Waals surface area (Å²) in [5, 5.41) is 0. The van der Waals surface area contributed by atoms with Crippen LogP contribution in [0, 0.1) is 0 Å². The Balaban J connectivity index is 1.36. The third-order valence-electron chi connectivity index (χ3n) is 4.53. The minimum atomic E-state index is -0.465. The number of hydrogen-bond donors (Lipinski definition) is 0. The average molecular weight is 394 g/mol. The smallest absolute Gasteiger partial charge is 0.338 e. The molecule has 9 nitrogen and oxygen atoms in total. The lowest BCUT2D eigenvalue weighted by atomic mass is 10.1. The van der Waals surface area contributed by atoms with Gasteiger partial charge in [-0.1, -0.05) is 0 Å². The summed E-state index contributed by atoms with van der Waals surface area (Å²) in [5.41, 5.74) is 0.328. The first-order valence-electron chi connectivity index (χ1n) is 9.44. The van der Waals surface area contributed by atoms with Gasteiger partial charge in [0.15, 0.2) is 11.5 Å². The molecule has 4 atom stereocenters. The maximum Gasteiger partial charge on any atom is 0.338 e. The number of ether oxygens (including phenoxy) is 8.